The van der Waals surface area contributed by atoms with E-state index in [2.05, 4.69) is 20.2 Å². The zero-order chi connectivity index (χ0) is 13.0. The van der Waals surface area contributed by atoms with Gasteiger partial charge in [0, 0.05) is 12.3 Å². The van der Waals surface area contributed by atoms with Crippen LogP contribution in [0.15, 0.2) is 22.3 Å². The number of nitrogen functional groups attached to an aromatic ring is 1. The minimum atomic E-state index is -0.178. The zero-order valence-corrected chi connectivity index (χ0v) is 10.8. The quantitative estimate of drug-likeness (QED) is 0.770. The van der Waals surface area contributed by atoms with Gasteiger partial charge in [0.05, 0.1) is 18.1 Å². The molecule has 96 valence electrons. The Bertz CT molecular complexity index is 560. The summed E-state index contributed by atoms with van der Waals surface area (Å²) in [7, 11) is 0. The molecule has 0 saturated heterocycles. The Kier molecular flexibility index (Phi) is 3.98. The summed E-state index contributed by atoms with van der Waals surface area (Å²) in [5.74, 6) is 0.993. The van der Waals surface area contributed by atoms with Crippen LogP contribution in [0.4, 0.5) is 5.82 Å². The molecule has 2 aromatic heterocycles. The number of nitrogens with one attached hydrogen (secondary N) is 1. The standard InChI is InChI=1S/C10H14N6OS/c1-2-3-16-9(17)14-15-10(16)18-6-7-4-13-8(11)5-12-7/h4-5H,2-3,6H2,1H3,(H2,11,13)(H,14,17). The number of hydrogen-bond acceptors (Lipinski definition) is 6. The second kappa shape index (κ2) is 5.67. The molecule has 0 aromatic carbocycles. The number of nitrogens with two attached hydrogens (primary N) is 1. The van der Waals surface area contributed by atoms with E-state index in [4.69, 9.17) is 5.73 Å². The van der Waals surface area contributed by atoms with Crippen LogP contribution in [0.1, 0.15) is 19.0 Å². The Morgan fingerprint density at radius 1 is 1.44 bits per heavy atom. The number of anilines is 1. The third kappa shape index (κ3) is 2.89. The Morgan fingerprint density at radius 3 is 2.94 bits per heavy atom. The number of H-pyrrole nitrogens is 1. The van der Waals surface area contributed by atoms with E-state index in [0.717, 1.165) is 12.1 Å². The van der Waals surface area contributed by atoms with E-state index in [1.54, 1.807) is 10.8 Å². The molecular weight excluding hydrogens is 252 g/mol. The molecule has 7 nitrogen and oxygen atoms in total. The molecule has 0 radical (unpaired) electrons. The fourth-order valence-electron chi connectivity index (χ4n) is 1.41. The number of hydrogen-bond donors (Lipinski definition) is 2. The van der Waals surface area contributed by atoms with E-state index < -0.39 is 0 Å². The fourth-order valence-corrected chi connectivity index (χ4v) is 2.28. The van der Waals surface area contributed by atoms with Gasteiger partial charge < -0.3 is 5.73 Å². The van der Waals surface area contributed by atoms with E-state index in [0.29, 0.717) is 23.3 Å². The van der Waals surface area contributed by atoms with Crippen LogP contribution < -0.4 is 11.4 Å². The highest BCUT2D eigenvalue weighted by Crippen LogP contribution is 2.18. The van der Waals surface area contributed by atoms with Crippen LogP contribution in [0.25, 0.3) is 0 Å². The predicted octanol–water partition coefficient (Wildman–Crippen LogP) is 0.646. The first-order valence-electron chi connectivity index (χ1n) is 5.55. The molecule has 0 aliphatic heterocycles. The Hall–Kier alpha value is -1.83. The van der Waals surface area contributed by atoms with Gasteiger partial charge in [-0.1, -0.05) is 18.7 Å². The maximum Gasteiger partial charge on any atom is 0.343 e. The maximum absolute atomic E-state index is 11.5. The van der Waals surface area contributed by atoms with E-state index >= 15 is 0 Å². The largest absolute Gasteiger partial charge is 0.382 e. The minimum absolute atomic E-state index is 0.178. The maximum atomic E-state index is 11.5. The normalized spacial score (nSPS) is 10.7. The van der Waals surface area contributed by atoms with Crippen LogP contribution in [-0.2, 0) is 12.3 Å². The SMILES string of the molecule is CCCn1c(SCc2cnc(N)cn2)n[nH]c1=O. The molecule has 0 fully saturated rings. The lowest BCUT2D eigenvalue weighted by Crippen LogP contribution is -2.17. The van der Waals surface area contributed by atoms with Crippen molar-refractivity contribution in [3.05, 3.63) is 28.6 Å². The Balaban J connectivity index is 2.06. The molecule has 0 aliphatic rings. The summed E-state index contributed by atoms with van der Waals surface area (Å²) in [5, 5.41) is 7.10. The third-order valence-electron chi connectivity index (χ3n) is 2.24. The van der Waals surface area contributed by atoms with E-state index in [1.807, 2.05) is 6.92 Å². The summed E-state index contributed by atoms with van der Waals surface area (Å²) in [6.07, 6.45) is 4.02. The Labute approximate surface area is 108 Å². The third-order valence-corrected chi connectivity index (χ3v) is 3.25. The zero-order valence-electron chi connectivity index (χ0n) is 9.96. The molecule has 0 unspecified atom stereocenters. The Morgan fingerprint density at radius 2 is 2.28 bits per heavy atom. The first-order valence-corrected chi connectivity index (χ1v) is 6.53. The lowest BCUT2D eigenvalue weighted by molar-refractivity contribution is 0.603. The highest BCUT2D eigenvalue weighted by Gasteiger charge is 2.08. The molecule has 18 heavy (non-hydrogen) atoms. The monoisotopic (exact) mass is 266 g/mol. The van der Waals surface area contributed by atoms with Gasteiger partial charge in [-0.15, -0.1) is 5.10 Å². The van der Waals surface area contributed by atoms with Gasteiger partial charge in [-0.2, -0.15) is 0 Å². The summed E-state index contributed by atoms with van der Waals surface area (Å²) >= 11 is 1.44. The lowest BCUT2D eigenvalue weighted by Gasteiger charge is -2.03. The first-order chi connectivity index (χ1) is 8.70. The van der Waals surface area contributed by atoms with Gasteiger partial charge in [0.25, 0.3) is 0 Å². The molecule has 0 saturated carbocycles. The minimum Gasteiger partial charge on any atom is -0.382 e. The molecule has 8 heteroatoms. The molecule has 0 bridgehead atoms. The van der Waals surface area contributed by atoms with Gasteiger partial charge in [0.1, 0.15) is 5.82 Å². The van der Waals surface area contributed by atoms with Crippen molar-refractivity contribution in [2.24, 2.45) is 0 Å². The van der Waals surface area contributed by atoms with Gasteiger partial charge in [-0.3, -0.25) is 9.55 Å². The second-order valence-electron chi connectivity index (χ2n) is 3.68. The van der Waals surface area contributed by atoms with Gasteiger partial charge in [0.2, 0.25) is 0 Å². The number of thioether (sulfide) groups is 1. The molecule has 0 amide bonds. The van der Waals surface area contributed by atoms with Gasteiger partial charge in [-0.25, -0.2) is 14.9 Å². The fraction of sp³-hybridized carbons (Fsp3) is 0.400. The molecule has 0 spiro atoms. The predicted molar refractivity (Wildman–Crippen MR) is 69.1 cm³/mol. The summed E-state index contributed by atoms with van der Waals surface area (Å²) in [5.41, 5.74) is 6.08. The van der Waals surface area contributed by atoms with Gasteiger partial charge in [-0.05, 0) is 6.42 Å². The molecule has 3 N–H and O–H groups in total. The van der Waals surface area contributed by atoms with Gasteiger partial charge in [0.15, 0.2) is 5.16 Å². The van der Waals surface area contributed by atoms with Crippen LogP contribution >= 0.6 is 11.8 Å². The van der Waals surface area contributed by atoms with E-state index in [-0.39, 0.29) is 5.69 Å². The van der Waals surface area contributed by atoms with E-state index in [1.165, 1.54) is 18.0 Å². The van der Waals surface area contributed by atoms with Gasteiger partial charge >= 0.3 is 5.69 Å². The summed E-state index contributed by atoms with van der Waals surface area (Å²) < 4.78 is 1.62. The van der Waals surface area contributed by atoms with Crippen molar-refractivity contribution in [2.45, 2.75) is 30.8 Å². The van der Waals surface area contributed by atoms with Crippen molar-refractivity contribution >= 4 is 17.6 Å². The van der Waals surface area contributed by atoms with Crippen molar-refractivity contribution in [3.8, 4) is 0 Å². The first kappa shape index (κ1) is 12.6. The van der Waals surface area contributed by atoms with Crippen molar-refractivity contribution in [3.63, 3.8) is 0 Å². The van der Waals surface area contributed by atoms with Crippen molar-refractivity contribution in [1.82, 2.24) is 24.7 Å². The van der Waals surface area contributed by atoms with Crippen LogP contribution in [0.3, 0.4) is 0 Å². The van der Waals surface area contributed by atoms with Crippen molar-refractivity contribution in [1.29, 1.82) is 0 Å². The molecule has 0 aliphatic carbocycles. The smallest absolute Gasteiger partial charge is 0.343 e. The van der Waals surface area contributed by atoms with Crippen molar-refractivity contribution in [2.75, 3.05) is 5.73 Å². The van der Waals surface area contributed by atoms with Crippen LogP contribution in [-0.4, -0.2) is 24.7 Å². The molecule has 0 atom stereocenters. The number of aromatic amines is 1. The average Bonchev–Trinajstić information content (AvgIpc) is 2.71. The summed E-state index contributed by atoms with van der Waals surface area (Å²) in [6, 6.07) is 0. The lowest BCUT2D eigenvalue weighted by atomic mass is 10.5. The van der Waals surface area contributed by atoms with Crippen LogP contribution in [0.2, 0.25) is 0 Å². The summed E-state index contributed by atoms with van der Waals surface area (Å²) in [4.78, 5) is 19.6. The highest BCUT2D eigenvalue weighted by molar-refractivity contribution is 7.98. The number of aromatic nitrogens is 5. The molecule has 2 aromatic rings. The van der Waals surface area contributed by atoms with Crippen molar-refractivity contribution < 1.29 is 0 Å². The summed E-state index contributed by atoms with van der Waals surface area (Å²) in [6.45, 7) is 2.67. The molecule has 2 heterocycles. The topological polar surface area (TPSA) is 102 Å². The highest BCUT2D eigenvalue weighted by atomic mass is 32.2. The average molecular weight is 266 g/mol. The number of nitrogens with zero attached hydrogens (tertiary/aromatic N) is 4. The van der Waals surface area contributed by atoms with Crippen LogP contribution in [0.5, 0.6) is 0 Å². The second-order valence-corrected chi connectivity index (χ2v) is 4.63. The van der Waals surface area contributed by atoms with Crippen LogP contribution in [0, 0.1) is 0 Å². The molecule has 2 rings (SSSR count). The van der Waals surface area contributed by atoms with E-state index in [9.17, 15) is 4.79 Å². The molecular formula is C10H14N6OS. The number of rotatable bonds is 5.